The van der Waals surface area contributed by atoms with Gasteiger partial charge in [-0.2, -0.15) is 0 Å². The first-order chi connectivity index (χ1) is 9.76. The first-order valence-electron chi connectivity index (χ1n) is 6.80. The molecule has 0 bridgehead atoms. The molecule has 1 atom stereocenters. The molecule has 3 heteroatoms. The van der Waals surface area contributed by atoms with Crippen molar-refractivity contribution in [3.05, 3.63) is 65.7 Å². The van der Waals surface area contributed by atoms with Crippen molar-refractivity contribution < 1.29 is 13.9 Å². The number of benzene rings is 2. The highest BCUT2D eigenvalue weighted by Gasteiger charge is 2.36. The van der Waals surface area contributed by atoms with Crippen LogP contribution >= 0.6 is 0 Å². The lowest BCUT2D eigenvalue weighted by atomic mass is 9.95. The normalized spacial score (nSPS) is 21.9. The molecule has 0 amide bonds. The van der Waals surface area contributed by atoms with Crippen molar-refractivity contribution in [3.63, 3.8) is 0 Å². The summed E-state index contributed by atoms with van der Waals surface area (Å²) in [4.78, 5) is 0. The van der Waals surface area contributed by atoms with E-state index in [1.54, 1.807) is 12.1 Å². The molecule has 0 saturated carbocycles. The Bertz CT molecular complexity index is 562. The molecular formula is C17H17FO2. The van der Waals surface area contributed by atoms with Gasteiger partial charge in [0.15, 0.2) is 5.67 Å². The highest BCUT2D eigenvalue weighted by Crippen LogP contribution is 2.36. The van der Waals surface area contributed by atoms with Crippen molar-refractivity contribution >= 4 is 0 Å². The summed E-state index contributed by atoms with van der Waals surface area (Å²) in [6.45, 7) is 1.10. The molecule has 2 nitrogen and oxygen atoms in total. The molecule has 0 aliphatic carbocycles. The van der Waals surface area contributed by atoms with Crippen LogP contribution in [0.3, 0.4) is 0 Å². The number of ether oxygens (including phenoxy) is 2. The smallest absolute Gasteiger partial charge is 0.161 e. The third-order valence-corrected chi connectivity index (χ3v) is 3.57. The maximum Gasteiger partial charge on any atom is 0.161 e. The van der Waals surface area contributed by atoms with Crippen LogP contribution in [-0.4, -0.2) is 13.2 Å². The zero-order valence-corrected chi connectivity index (χ0v) is 11.2. The molecular weight excluding hydrogens is 255 g/mol. The Hall–Kier alpha value is -1.87. The minimum absolute atomic E-state index is 0.134. The topological polar surface area (TPSA) is 18.5 Å². The maximum absolute atomic E-state index is 14.6. The summed E-state index contributed by atoms with van der Waals surface area (Å²) in [5.74, 6) is 0.690. The van der Waals surface area contributed by atoms with Crippen molar-refractivity contribution in [2.75, 3.05) is 13.2 Å². The number of alkyl halides is 1. The molecule has 0 aromatic heterocycles. The van der Waals surface area contributed by atoms with Crippen LogP contribution in [0.4, 0.5) is 4.39 Å². The van der Waals surface area contributed by atoms with Gasteiger partial charge in [-0.25, -0.2) is 4.39 Å². The summed E-state index contributed by atoms with van der Waals surface area (Å²) in [5.41, 5.74) is 0.365. The fourth-order valence-electron chi connectivity index (χ4n) is 2.37. The van der Waals surface area contributed by atoms with Crippen LogP contribution in [0.25, 0.3) is 0 Å². The fraction of sp³-hybridized carbons (Fsp3) is 0.294. The van der Waals surface area contributed by atoms with Crippen LogP contribution in [0, 0.1) is 0 Å². The first-order valence-corrected chi connectivity index (χ1v) is 6.80. The average molecular weight is 272 g/mol. The fourth-order valence-corrected chi connectivity index (χ4v) is 2.37. The highest BCUT2D eigenvalue weighted by atomic mass is 19.1. The lowest BCUT2D eigenvalue weighted by molar-refractivity contribution is 0.111. The summed E-state index contributed by atoms with van der Waals surface area (Å²) < 4.78 is 25.5. The Morgan fingerprint density at radius 2 is 1.95 bits per heavy atom. The molecule has 0 N–H and O–H groups in total. The third kappa shape index (κ3) is 2.83. The molecule has 1 aliphatic heterocycles. The molecule has 0 radical (unpaired) electrons. The van der Waals surface area contributed by atoms with E-state index >= 15 is 0 Å². The standard InChI is InChI=1S/C17H17FO2/c18-17(9-10-19-13-17)15-7-4-8-16(11-15)20-12-14-5-2-1-3-6-14/h1-8,11H,9-10,12-13H2/t17-/m1/s1. The van der Waals surface area contributed by atoms with E-state index in [4.69, 9.17) is 9.47 Å². The van der Waals surface area contributed by atoms with Gasteiger partial charge in [0.1, 0.15) is 12.4 Å². The van der Waals surface area contributed by atoms with E-state index < -0.39 is 5.67 Å². The Labute approximate surface area is 118 Å². The van der Waals surface area contributed by atoms with Gasteiger partial charge < -0.3 is 9.47 Å². The van der Waals surface area contributed by atoms with Crippen molar-refractivity contribution in [2.24, 2.45) is 0 Å². The Morgan fingerprint density at radius 3 is 2.70 bits per heavy atom. The lowest BCUT2D eigenvalue weighted by Crippen LogP contribution is -2.19. The summed E-state index contributed by atoms with van der Waals surface area (Å²) >= 11 is 0. The zero-order valence-electron chi connectivity index (χ0n) is 11.2. The van der Waals surface area contributed by atoms with Crippen LogP contribution in [-0.2, 0) is 17.0 Å². The van der Waals surface area contributed by atoms with Gasteiger partial charge in [0.25, 0.3) is 0 Å². The van der Waals surface area contributed by atoms with Gasteiger partial charge in [-0.05, 0) is 23.3 Å². The van der Waals surface area contributed by atoms with Crippen molar-refractivity contribution in [1.82, 2.24) is 0 Å². The van der Waals surface area contributed by atoms with Crippen LogP contribution in [0.5, 0.6) is 5.75 Å². The van der Waals surface area contributed by atoms with Crippen LogP contribution < -0.4 is 4.74 Å². The van der Waals surface area contributed by atoms with E-state index in [9.17, 15) is 4.39 Å². The molecule has 3 rings (SSSR count). The van der Waals surface area contributed by atoms with Crippen molar-refractivity contribution in [3.8, 4) is 5.75 Å². The summed E-state index contributed by atoms with van der Waals surface area (Å²) in [5, 5.41) is 0. The molecule has 1 saturated heterocycles. The largest absolute Gasteiger partial charge is 0.489 e. The minimum atomic E-state index is -1.37. The first kappa shape index (κ1) is 13.1. The van der Waals surface area contributed by atoms with E-state index in [0.717, 1.165) is 5.56 Å². The van der Waals surface area contributed by atoms with Gasteiger partial charge in [0.2, 0.25) is 0 Å². The maximum atomic E-state index is 14.6. The zero-order chi connectivity index (χ0) is 13.8. The molecule has 1 fully saturated rings. The Morgan fingerprint density at radius 1 is 1.10 bits per heavy atom. The molecule has 2 aromatic carbocycles. The third-order valence-electron chi connectivity index (χ3n) is 3.57. The second-order valence-electron chi connectivity index (χ2n) is 5.07. The van der Waals surface area contributed by atoms with E-state index in [-0.39, 0.29) is 6.61 Å². The molecule has 1 heterocycles. The second-order valence-corrected chi connectivity index (χ2v) is 5.07. The molecule has 104 valence electrons. The Kier molecular flexibility index (Phi) is 3.70. The number of hydrogen-bond acceptors (Lipinski definition) is 2. The number of halogens is 1. The lowest BCUT2D eigenvalue weighted by Gasteiger charge is -2.18. The molecule has 20 heavy (non-hydrogen) atoms. The van der Waals surface area contributed by atoms with E-state index in [2.05, 4.69) is 0 Å². The molecule has 0 spiro atoms. The second kappa shape index (κ2) is 5.63. The van der Waals surface area contributed by atoms with Gasteiger partial charge in [-0.1, -0.05) is 42.5 Å². The van der Waals surface area contributed by atoms with E-state index in [1.165, 1.54) is 0 Å². The van der Waals surface area contributed by atoms with Crippen LogP contribution in [0.1, 0.15) is 17.5 Å². The molecule has 2 aromatic rings. The van der Waals surface area contributed by atoms with Gasteiger partial charge in [-0.15, -0.1) is 0 Å². The predicted molar refractivity (Wildman–Crippen MR) is 75.4 cm³/mol. The number of hydrogen-bond donors (Lipinski definition) is 0. The average Bonchev–Trinajstić information content (AvgIpc) is 2.95. The van der Waals surface area contributed by atoms with Crippen molar-refractivity contribution in [2.45, 2.75) is 18.7 Å². The van der Waals surface area contributed by atoms with Crippen LogP contribution in [0.2, 0.25) is 0 Å². The minimum Gasteiger partial charge on any atom is -0.489 e. The van der Waals surface area contributed by atoms with Crippen molar-refractivity contribution in [1.29, 1.82) is 0 Å². The summed E-state index contributed by atoms with van der Waals surface area (Å²) in [7, 11) is 0. The molecule has 0 unspecified atom stereocenters. The number of rotatable bonds is 4. The molecule has 1 aliphatic rings. The van der Waals surface area contributed by atoms with Crippen LogP contribution in [0.15, 0.2) is 54.6 Å². The summed E-state index contributed by atoms with van der Waals surface area (Å²) in [6.07, 6.45) is 0.412. The van der Waals surface area contributed by atoms with Gasteiger partial charge in [0.05, 0.1) is 13.2 Å². The van der Waals surface area contributed by atoms with E-state index in [1.807, 2.05) is 42.5 Å². The SMILES string of the molecule is F[C@]1(c2cccc(OCc3ccccc3)c2)CCOC1. The quantitative estimate of drug-likeness (QED) is 0.841. The predicted octanol–water partition coefficient (Wildman–Crippen LogP) is 3.85. The van der Waals surface area contributed by atoms with Gasteiger partial charge in [-0.3, -0.25) is 0 Å². The summed E-state index contributed by atoms with van der Waals surface area (Å²) in [6, 6.07) is 17.2. The highest BCUT2D eigenvalue weighted by molar-refractivity contribution is 5.33. The van der Waals surface area contributed by atoms with E-state index in [0.29, 0.717) is 30.9 Å². The monoisotopic (exact) mass is 272 g/mol. The van der Waals surface area contributed by atoms with Gasteiger partial charge >= 0.3 is 0 Å². The Balaban J connectivity index is 1.71. The van der Waals surface area contributed by atoms with Gasteiger partial charge in [0, 0.05) is 6.42 Å².